The molecule has 1 aliphatic rings. The molecule has 1 aromatic carbocycles. The first-order valence-electron chi connectivity index (χ1n) is 7.53. The topological polar surface area (TPSA) is 80.2 Å². The number of carbonyl (C=O) groups is 1. The van der Waals surface area contributed by atoms with Crippen LogP contribution >= 0.6 is 0 Å². The lowest BCUT2D eigenvalue weighted by Gasteiger charge is -2.31. The van der Waals surface area contributed by atoms with Crippen LogP contribution in [0.5, 0.6) is 0 Å². The Hall–Kier alpha value is -2.35. The van der Waals surface area contributed by atoms with Crippen molar-refractivity contribution in [2.45, 2.75) is 23.0 Å². The van der Waals surface area contributed by atoms with Crippen LogP contribution < -0.4 is 0 Å². The third-order valence-corrected chi connectivity index (χ3v) is 6.37. The number of carbonyl (C=O) groups excluding carboxylic acids is 1. The lowest BCUT2D eigenvalue weighted by Crippen LogP contribution is -2.42. The van der Waals surface area contributed by atoms with Crippen molar-refractivity contribution in [3.05, 3.63) is 54.4 Å². The first-order chi connectivity index (χ1) is 11.5. The second-order valence-electron chi connectivity index (χ2n) is 5.58. The number of benzene rings is 1. The van der Waals surface area contributed by atoms with Gasteiger partial charge in [0.05, 0.1) is 16.3 Å². The van der Waals surface area contributed by atoms with E-state index in [-0.39, 0.29) is 16.5 Å². The second kappa shape index (κ2) is 6.64. The standard InChI is InChI=1S/C16H16FN3O3S/c17-12-1-3-13(4-2-12)24(22,23)14-5-9-20(10-6-14)16(21)15-11-18-7-8-19-15/h1-4,7-8,11,14H,5-6,9-10H2. The molecule has 24 heavy (non-hydrogen) atoms. The highest BCUT2D eigenvalue weighted by molar-refractivity contribution is 7.92. The molecule has 8 heteroatoms. The lowest BCUT2D eigenvalue weighted by atomic mass is 10.1. The van der Waals surface area contributed by atoms with Gasteiger partial charge in [0.1, 0.15) is 11.5 Å². The van der Waals surface area contributed by atoms with Crippen LogP contribution in [0.1, 0.15) is 23.3 Å². The predicted octanol–water partition coefficient (Wildman–Crippen LogP) is 1.69. The van der Waals surface area contributed by atoms with Crippen molar-refractivity contribution >= 4 is 15.7 Å². The van der Waals surface area contributed by atoms with Gasteiger partial charge in [0.25, 0.3) is 5.91 Å². The summed E-state index contributed by atoms with van der Waals surface area (Å²) in [6.07, 6.45) is 5.00. The minimum Gasteiger partial charge on any atom is -0.337 e. The van der Waals surface area contributed by atoms with Gasteiger partial charge in [-0.25, -0.2) is 17.8 Å². The van der Waals surface area contributed by atoms with Gasteiger partial charge >= 0.3 is 0 Å². The smallest absolute Gasteiger partial charge is 0.274 e. The molecule has 0 radical (unpaired) electrons. The maximum atomic E-state index is 13.0. The summed E-state index contributed by atoms with van der Waals surface area (Å²) in [5, 5.41) is -0.575. The Balaban J connectivity index is 1.68. The van der Waals surface area contributed by atoms with E-state index in [0.29, 0.717) is 25.9 Å². The number of piperidine rings is 1. The molecule has 0 aliphatic carbocycles. The lowest BCUT2D eigenvalue weighted by molar-refractivity contribution is 0.0719. The molecule has 0 saturated carbocycles. The van der Waals surface area contributed by atoms with Crippen LogP contribution in [0.3, 0.4) is 0 Å². The fraction of sp³-hybridized carbons (Fsp3) is 0.312. The van der Waals surface area contributed by atoms with Crippen molar-refractivity contribution < 1.29 is 17.6 Å². The predicted molar refractivity (Wildman–Crippen MR) is 84.5 cm³/mol. The highest BCUT2D eigenvalue weighted by Gasteiger charge is 2.33. The Morgan fingerprint density at radius 1 is 1.12 bits per heavy atom. The van der Waals surface area contributed by atoms with Crippen molar-refractivity contribution in [1.29, 1.82) is 0 Å². The molecule has 126 valence electrons. The first-order valence-corrected chi connectivity index (χ1v) is 9.08. The number of likely N-dealkylation sites (tertiary alicyclic amines) is 1. The Kier molecular flexibility index (Phi) is 4.57. The largest absolute Gasteiger partial charge is 0.337 e. The normalized spacial score (nSPS) is 16.1. The molecule has 1 fully saturated rings. The van der Waals surface area contributed by atoms with E-state index >= 15 is 0 Å². The molecule has 3 rings (SSSR count). The van der Waals surface area contributed by atoms with Gasteiger partial charge in [0, 0.05) is 25.5 Å². The Labute approximate surface area is 139 Å². The van der Waals surface area contributed by atoms with E-state index in [2.05, 4.69) is 9.97 Å². The molecule has 0 spiro atoms. The van der Waals surface area contributed by atoms with Crippen LogP contribution in [0.2, 0.25) is 0 Å². The van der Waals surface area contributed by atoms with Crippen molar-refractivity contribution in [2.24, 2.45) is 0 Å². The van der Waals surface area contributed by atoms with Crippen LogP contribution in [-0.2, 0) is 9.84 Å². The average Bonchev–Trinajstić information content (AvgIpc) is 2.62. The summed E-state index contributed by atoms with van der Waals surface area (Å²) < 4.78 is 38.2. The maximum absolute atomic E-state index is 13.0. The fourth-order valence-electron chi connectivity index (χ4n) is 2.76. The molecule has 2 aromatic rings. The summed E-state index contributed by atoms with van der Waals surface area (Å²) in [5.41, 5.74) is 0.248. The molecule has 1 amide bonds. The van der Waals surface area contributed by atoms with Crippen LogP contribution in [0.15, 0.2) is 47.8 Å². The Morgan fingerprint density at radius 3 is 2.38 bits per heavy atom. The summed E-state index contributed by atoms with van der Waals surface area (Å²) in [6.45, 7) is 0.668. The van der Waals surface area contributed by atoms with Gasteiger partial charge in [-0.1, -0.05) is 0 Å². The SMILES string of the molecule is O=C(c1cnccn1)N1CCC(S(=O)(=O)c2ccc(F)cc2)CC1. The monoisotopic (exact) mass is 349 g/mol. The number of sulfone groups is 1. The van der Waals surface area contributed by atoms with Crippen LogP contribution in [-0.4, -0.2) is 47.5 Å². The van der Waals surface area contributed by atoms with E-state index in [4.69, 9.17) is 0 Å². The van der Waals surface area contributed by atoms with E-state index in [0.717, 1.165) is 12.1 Å². The molecule has 0 unspecified atom stereocenters. The summed E-state index contributed by atoms with van der Waals surface area (Å²) in [5.74, 6) is -0.723. The minimum atomic E-state index is -3.53. The molecule has 0 atom stereocenters. The second-order valence-corrected chi connectivity index (χ2v) is 7.81. The van der Waals surface area contributed by atoms with Gasteiger partial charge in [-0.3, -0.25) is 9.78 Å². The van der Waals surface area contributed by atoms with Crippen molar-refractivity contribution in [2.75, 3.05) is 13.1 Å². The summed E-state index contributed by atoms with van der Waals surface area (Å²) >= 11 is 0. The van der Waals surface area contributed by atoms with Crippen LogP contribution in [0.25, 0.3) is 0 Å². The summed E-state index contributed by atoms with van der Waals surface area (Å²) in [7, 11) is -3.53. The molecular formula is C16H16FN3O3S. The quantitative estimate of drug-likeness (QED) is 0.788. The molecule has 0 bridgehead atoms. The van der Waals surface area contributed by atoms with E-state index in [1.165, 1.54) is 30.7 Å². The average molecular weight is 349 g/mol. The number of nitrogens with zero attached hydrogens (tertiary/aromatic N) is 3. The Bertz CT molecular complexity index is 817. The zero-order valence-corrected chi connectivity index (χ0v) is 13.6. The van der Waals surface area contributed by atoms with Gasteiger partial charge in [-0.05, 0) is 37.1 Å². The number of aromatic nitrogens is 2. The molecular weight excluding hydrogens is 333 g/mol. The third-order valence-electron chi connectivity index (χ3n) is 4.09. The van der Waals surface area contributed by atoms with Crippen LogP contribution in [0, 0.1) is 5.82 Å². The van der Waals surface area contributed by atoms with Gasteiger partial charge in [0.2, 0.25) is 0 Å². The number of hydrogen-bond donors (Lipinski definition) is 0. The zero-order chi connectivity index (χ0) is 17.2. The van der Waals surface area contributed by atoms with E-state index in [1.807, 2.05) is 0 Å². The minimum absolute atomic E-state index is 0.114. The third kappa shape index (κ3) is 3.28. The number of amides is 1. The highest BCUT2D eigenvalue weighted by atomic mass is 32.2. The number of rotatable bonds is 3. The van der Waals surface area contributed by atoms with E-state index in [1.54, 1.807) is 4.90 Å². The van der Waals surface area contributed by atoms with Crippen molar-refractivity contribution in [1.82, 2.24) is 14.9 Å². The molecule has 1 aromatic heterocycles. The molecule has 6 nitrogen and oxygen atoms in total. The molecule has 2 heterocycles. The van der Waals surface area contributed by atoms with E-state index in [9.17, 15) is 17.6 Å². The Morgan fingerprint density at radius 2 is 1.79 bits per heavy atom. The first kappa shape index (κ1) is 16.5. The van der Waals surface area contributed by atoms with Gasteiger partial charge < -0.3 is 4.90 Å². The fourth-order valence-corrected chi connectivity index (χ4v) is 4.49. The van der Waals surface area contributed by atoms with Gasteiger partial charge in [-0.15, -0.1) is 0 Å². The highest BCUT2D eigenvalue weighted by Crippen LogP contribution is 2.25. The summed E-state index contributed by atoms with van der Waals surface area (Å²) in [4.78, 5) is 21.8. The molecule has 0 N–H and O–H groups in total. The van der Waals surface area contributed by atoms with E-state index < -0.39 is 20.9 Å². The number of hydrogen-bond acceptors (Lipinski definition) is 5. The van der Waals surface area contributed by atoms with Crippen molar-refractivity contribution in [3.63, 3.8) is 0 Å². The summed E-state index contributed by atoms with van der Waals surface area (Å²) in [6, 6.07) is 4.84. The van der Waals surface area contributed by atoms with Crippen LogP contribution in [0.4, 0.5) is 4.39 Å². The van der Waals surface area contributed by atoms with Gasteiger partial charge in [0.15, 0.2) is 9.84 Å². The zero-order valence-electron chi connectivity index (χ0n) is 12.8. The molecule has 1 saturated heterocycles. The molecule has 1 aliphatic heterocycles. The number of halogens is 1. The van der Waals surface area contributed by atoms with Gasteiger partial charge in [-0.2, -0.15) is 0 Å². The maximum Gasteiger partial charge on any atom is 0.274 e. The van der Waals surface area contributed by atoms with Crippen molar-refractivity contribution in [3.8, 4) is 0 Å².